The van der Waals surface area contributed by atoms with Crippen LogP contribution in [0.3, 0.4) is 0 Å². The molecule has 47 heavy (non-hydrogen) atoms. The molecule has 0 saturated carbocycles. The van der Waals surface area contributed by atoms with Crippen LogP contribution < -0.4 is 15.4 Å². The van der Waals surface area contributed by atoms with Gasteiger partial charge in [-0.3, -0.25) is 19.3 Å². The second-order valence-electron chi connectivity index (χ2n) is 13.1. The lowest BCUT2D eigenvalue weighted by Crippen LogP contribution is -2.41. The highest BCUT2D eigenvalue weighted by Crippen LogP contribution is 2.32. The van der Waals surface area contributed by atoms with E-state index in [1.54, 1.807) is 7.05 Å². The molecule has 1 aromatic carbocycles. The van der Waals surface area contributed by atoms with E-state index < -0.39 is 0 Å². The summed E-state index contributed by atoms with van der Waals surface area (Å²) in [6.45, 7) is 4.76. The van der Waals surface area contributed by atoms with Crippen molar-refractivity contribution in [1.82, 2.24) is 15.5 Å². The van der Waals surface area contributed by atoms with Gasteiger partial charge in [-0.05, 0) is 80.1 Å². The fraction of sp³-hybridized carbons (Fsp3) is 0.667. The topological polar surface area (TPSA) is 87.7 Å². The van der Waals surface area contributed by atoms with E-state index in [1.807, 2.05) is 23.5 Å². The number of fused-ring (bicyclic) bond motifs is 1. The van der Waals surface area contributed by atoms with E-state index in [0.29, 0.717) is 31.2 Å². The normalized spacial score (nSPS) is 14.1. The predicted molar refractivity (Wildman–Crippen MR) is 194 cm³/mol. The molecule has 2 amide bonds. The predicted octanol–water partition coefficient (Wildman–Crippen LogP) is 8.18. The first-order chi connectivity index (χ1) is 23.0. The number of amides is 2. The third kappa shape index (κ3) is 15.8. The minimum atomic E-state index is -0.287. The number of benzene rings is 1. The summed E-state index contributed by atoms with van der Waals surface area (Å²) in [6.07, 6.45) is 20.7. The first kappa shape index (κ1) is 38.7. The van der Waals surface area contributed by atoms with Gasteiger partial charge in [-0.25, -0.2) is 0 Å². The van der Waals surface area contributed by atoms with E-state index >= 15 is 0 Å². The van der Waals surface area contributed by atoms with Crippen molar-refractivity contribution in [2.45, 2.75) is 141 Å². The maximum Gasteiger partial charge on any atom is 0.312 e. The summed E-state index contributed by atoms with van der Waals surface area (Å²) >= 11 is 1.84. The van der Waals surface area contributed by atoms with Gasteiger partial charge in [0.15, 0.2) is 0 Å². The average Bonchev–Trinajstić information content (AvgIpc) is 3.60. The van der Waals surface area contributed by atoms with Gasteiger partial charge in [0, 0.05) is 43.9 Å². The summed E-state index contributed by atoms with van der Waals surface area (Å²) in [6, 6.07) is 11.0. The van der Waals surface area contributed by atoms with Crippen molar-refractivity contribution < 1.29 is 19.1 Å². The zero-order chi connectivity index (χ0) is 33.5. The number of nitrogens with one attached hydrogen (secondary N) is 2. The van der Waals surface area contributed by atoms with Crippen molar-refractivity contribution in [2.24, 2.45) is 0 Å². The maximum atomic E-state index is 12.7. The van der Waals surface area contributed by atoms with E-state index in [-0.39, 0.29) is 24.2 Å². The SMILES string of the molecule is CCCN(CCc1cccs1)C1CCc2c(cccc2OC(=O)CCNC(=O)CCCCCCCCCCCCCCC(=O)NC)C1. The number of ether oxygens (including phenoxy) is 1. The second kappa shape index (κ2) is 23.6. The quantitative estimate of drug-likeness (QED) is 0.0634. The van der Waals surface area contributed by atoms with Crippen LogP contribution in [-0.2, 0) is 33.6 Å². The summed E-state index contributed by atoms with van der Waals surface area (Å²) in [5.74, 6) is 0.568. The van der Waals surface area contributed by atoms with E-state index in [0.717, 1.165) is 70.9 Å². The van der Waals surface area contributed by atoms with Crippen molar-refractivity contribution in [3.05, 3.63) is 51.7 Å². The Morgan fingerprint density at radius 1 is 0.830 bits per heavy atom. The summed E-state index contributed by atoms with van der Waals surface area (Å²) in [7, 11) is 1.70. The molecule has 0 aliphatic heterocycles. The van der Waals surface area contributed by atoms with E-state index in [4.69, 9.17) is 4.74 Å². The highest BCUT2D eigenvalue weighted by atomic mass is 32.1. The molecule has 0 saturated heterocycles. The molecule has 1 aliphatic rings. The molecule has 2 N–H and O–H groups in total. The van der Waals surface area contributed by atoms with Gasteiger partial charge in [0.05, 0.1) is 6.42 Å². The molecule has 0 radical (unpaired) electrons. The van der Waals surface area contributed by atoms with Gasteiger partial charge in [-0.15, -0.1) is 11.3 Å². The Hall–Kier alpha value is -2.71. The van der Waals surface area contributed by atoms with Gasteiger partial charge in [-0.1, -0.05) is 89.3 Å². The largest absolute Gasteiger partial charge is 0.426 e. The van der Waals surface area contributed by atoms with E-state index in [9.17, 15) is 14.4 Å². The Labute approximate surface area is 288 Å². The number of nitrogens with zero attached hydrogens (tertiary/aromatic N) is 1. The summed E-state index contributed by atoms with van der Waals surface area (Å²) in [5, 5.41) is 7.73. The summed E-state index contributed by atoms with van der Waals surface area (Å²) < 4.78 is 5.81. The van der Waals surface area contributed by atoms with Crippen LogP contribution in [0, 0.1) is 0 Å². The van der Waals surface area contributed by atoms with Crippen LogP contribution in [0.5, 0.6) is 5.75 Å². The molecule has 8 heteroatoms. The number of rotatable bonds is 25. The van der Waals surface area contributed by atoms with E-state index in [1.165, 1.54) is 67.4 Å². The second-order valence-corrected chi connectivity index (χ2v) is 14.2. The van der Waals surface area contributed by atoms with E-state index in [2.05, 4.69) is 46.0 Å². The Morgan fingerprint density at radius 3 is 2.11 bits per heavy atom. The zero-order valence-electron chi connectivity index (χ0n) is 29.3. The Balaban J connectivity index is 1.21. The molecule has 262 valence electrons. The molecule has 0 spiro atoms. The Bertz CT molecular complexity index is 1170. The van der Waals surface area contributed by atoms with Crippen LogP contribution >= 0.6 is 11.3 Å². The van der Waals surface area contributed by atoms with Crippen molar-refractivity contribution >= 4 is 29.1 Å². The Kier molecular flexibility index (Phi) is 19.4. The third-order valence-corrected chi connectivity index (χ3v) is 10.3. The minimum Gasteiger partial charge on any atom is -0.426 e. The lowest BCUT2D eigenvalue weighted by atomic mass is 9.86. The van der Waals surface area contributed by atoms with Crippen molar-refractivity contribution in [2.75, 3.05) is 26.7 Å². The van der Waals surface area contributed by atoms with Gasteiger partial charge in [0.2, 0.25) is 11.8 Å². The van der Waals surface area contributed by atoms with Crippen molar-refractivity contribution in [1.29, 1.82) is 0 Å². The van der Waals surface area contributed by atoms with Gasteiger partial charge in [0.1, 0.15) is 5.75 Å². The van der Waals surface area contributed by atoms with Crippen LogP contribution in [0.2, 0.25) is 0 Å². The molecule has 3 rings (SSSR count). The van der Waals surface area contributed by atoms with Crippen LogP contribution in [0.25, 0.3) is 0 Å². The average molecular weight is 668 g/mol. The number of carbonyl (C=O) groups is 3. The van der Waals surface area contributed by atoms with Crippen molar-refractivity contribution in [3.8, 4) is 5.75 Å². The van der Waals surface area contributed by atoms with Crippen LogP contribution in [0.15, 0.2) is 35.7 Å². The standard InChI is InChI=1S/C39H61N3O4S/c1-3-28-42(29-26-34-19-17-30-47-34)33-23-24-35-32(31-33)18-16-20-36(35)46-39(45)25-27-41-38(44)22-15-13-11-9-7-5-4-6-8-10-12-14-21-37(43)40-2/h16-20,30,33H,3-15,21-29,31H2,1-2H3,(H,40,43)(H,41,44). The smallest absolute Gasteiger partial charge is 0.312 e. The lowest BCUT2D eigenvalue weighted by molar-refractivity contribution is -0.134. The molecule has 0 fully saturated rings. The number of thiophene rings is 1. The van der Waals surface area contributed by atoms with Crippen LogP contribution in [0.4, 0.5) is 0 Å². The molecule has 1 aromatic heterocycles. The highest BCUT2D eigenvalue weighted by Gasteiger charge is 2.26. The molecule has 1 atom stereocenters. The first-order valence-corrected chi connectivity index (χ1v) is 19.4. The molecule has 1 heterocycles. The minimum absolute atomic E-state index is 0.0203. The van der Waals surface area contributed by atoms with Crippen LogP contribution in [-0.4, -0.2) is 55.4 Å². The number of esters is 1. The third-order valence-electron chi connectivity index (χ3n) is 9.38. The molecule has 2 aromatic rings. The van der Waals surface area contributed by atoms with Gasteiger partial charge >= 0.3 is 5.97 Å². The fourth-order valence-corrected chi connectivity index (χ4v) is 7.36. The number of unbranched alkanes of at least 4 members (excludes halogenated alkanes) is 11. The molecule has 7 nitrogen and oxygen atoms in total. The maximum absolute atomic E-state index is 12.7. The number of hydrogen-bond donors (Lipinski definition) is 2. The zero-order valence-corrected chi connectivity index (χ0v) is 30.1. The number of carbonyl (C=O) groups excluding carboxylic acids is 3. The Morgan fingerprint density at radius 2 is 1.49 bits per heavy atom. The molecular formula is C39H61N3O4S. The fourth-order valence-electron chi connectivity index (χ4n) is 6.66. The molecule has 1 aliphatic carbocycles. The van der Waals surface area contributed by atoms with Gasteiger partial charge in [-0.2, -0.15) is 0 Å². The molecule has 0 bridgehead atoms. The van der Waals surface area contributed by atoms with Gasteiger partial charge < -0.3 is 15.4 Å². The first-order valence-electron chi connectivity index (χ1n) is 18.5. The summed E-state index contributed by atoms with van der Waals surface area (Å²) in [4.78, 5) is 40.2. The number of hydrogen-bond acceptors (Lipinski definition) is 6. The molecular weight excluding hydrogens is 607 g/mol. The lowest BCUT2D eigenvalue weighted by Gasteiger charge is -2.35. The molecule has 1 unspecified atom stereocenters. The highest BCUT2D eigenvalue weighted by molar-refractivity contribution is 7.09. The van der Waals surface area contributed by atoms with Crippen LogP contribution in [0.1, 0.15) is 132 Å². The monoisotopic (exact) mass is 667 g/mol. The van der Waals surface area contributed by atoms with Crippen molar-refractivity contribution in [3.63, 3.8) is 0 Å². The summed E-state index contributed by atoms with van der Waals surface area (Å²) in [5.41, 5.74) is 2.46. The van der Waals surface area contributed by atoms with Gasteiger partial charge in [0.25, 0.3) is 0 Å².